The average Bonchev–Trinajstić information content (AvgIpc) is 2.99. The van der Waals surface area contributed by atoms with Crippen LogP contribution in [0.2, 0.25) is 0 Å². The van der Waals surface area contributed by atoms with Crippen molar-refractivity contribution in [3.63, 3.8) is 0 Å². The second kappa shape index (κ2) is 6.83. The van der Waals surface area contributed by atoms with Gasteiger partial charge in [-0.05, 0) is 30.2 Å². The van der Waals surface area contributed by atoms with Crippen molar-refractivity contribution in [3.8, 4) is 0 Å². The molecule has 2 heterocycles. The Balaban J connectivity index is 1.67. The number of para-hydroxylation sites is 1. The minimum absolute atomic E-state index is 0.0451. The van der Waals surface area contributed by atoms with Gasteiger partial charge in [-0.25, -0.2) is 0 Å². The fourth-order valence-electron chi connectivity index (χ4n) is 3.20. The van der Waals surface area contributed by atoms with Gasteiger partial charge in [-0.3, -0.25) is 14.6 Å². The Labute approximate surface area is 141 Å². The Hall–Kier alpha value is -2.69. The Morgan fingerprint density at radius 2 is 2.04 bits per heavy atom. The van der Waals surface area contributed by atoms with Gasteiger partial charge in [-0.2, -0.15) is 0 Å². The minimum atomic E-state index is 0.0451. The van der Waals surface area contributed by atoms with Crippen molar-refractivity contribution >= 4 is 23.2 Å². The van der Waals surface area contributed by atoms with Crippen molar-refractivity contribution < 1.29 is 9.59 Å². The van der Waals surface area contributed by atoms with Gasteiger partial charge in [-0.15, -0.1) is 0 Å². The molecule has 5 heteroatoms. The number of rotatable bonds is 4. The van der Waals surface area contributed by atoms with Crippen LogP contribution < -0.4 is 9.80 Å². The lowest BCUT2D eigenvalue weighted by Gasteiger charge is -2.18. The van der Waals surface area contributed by atoms with Crippen molar-refractivity contribution in [2.45, 2.75) is 25.7 Å². The van der Waals surface area contributed by atoms with Crippen LogP contribution in [0.5, 0.6) is 0 Å². The smallest absolute Gasteiger partial charge is 0.226 e. The number of aromatic nitrogens is 1. The Kier molecular flexibility index (Phi) is 4.60. The summed E-state index contributed by atoms with van der Waals surface area (Å²) < 4.78 is 0. The number of carbonyl (C=O) groups excluding carboxylic acids is 2. The zero-order valence-corrected chi connectivity index (χ0v) is 14.0. The molecule has 1 aliphatic rings. The third-order valence-corrected chi connectivity index (χ3v) is 4.56. The lowest BCUT2D eigenvalue weighted by atomic mass is 9.96. The summed E-state index contributed by atoms with van der Waals surface area (Å²) in [5, 5.41) is 0. The first-order valence-electron chi connectivity index (χ1n) is 8.11. The first kappa shape index (κ1) is 16.2. The predicted octanol–water partition coefficient (Wildman–Crippen LogP) is 2.97. The molecule has 2 aromatic rings. The summed E-state index contributed by atoms with van der Waals surface area (Å²) in [6.07, 6.45) is 4.54. The van der Waals surface area contributed by atoms with Gasteiger partial charge in [-0.1, -0.05) is 18.2 Å². The lowest BCUT2D eigenvalue weighted by molar-refractivity contribution is -0.118. The van der Waals surface area contributed by atoms with Gasteiger partial charge < -0.3 is 9.80 Å². The topological polar surface area (TPSA) is 53.5 Å². The molecule has 0 fully saturated rings. The van der Waals surface area contributed by atoms with E-state index in [1.165, 1.54) is 0 Å². The standard InChI is InChI=1S/C19H21N3O2/c1-14(23)22-13-15(17-7-3-4-8-18(17)22)9-10-19(24)21(2)16-6-5-11-20-12-16/h3-8,11-12,15H,9-10,13H2,1-2H3/t15-/m0/s1. The maximum absolute atomic E-state index is 12.4. The van der Waals surface area contributed by atoms with E-state index in [0.29, 0.717) is 13.0 Å². The van der Waals surface area contributed by atoms with Crippen molar-refractivity contribution in [2.75, 3.05) is 23.4 Å². The fraction of sp³-hybridized carbons (Fsp3) is 0.316. The highest BCUT2D eigenvalue weighted by Gasteiger charge is 2.30. The van der Waals surface area contributed by atoms with E-state index >= 15 is 0 Å². The highest BCUT2D eigenvalue weighted by atomic mass is 16.2. The van der Waals surface area contributed by atoms with Crippen LogP contribution in [0.25, 0.3) is 0 Å². The first-order valence-corrected chi connectivity index (χ1v) is 8.11. The number of hydrogen-bond acceptors (Lipinski definition) is 3. The zero-order valence-electron chi connectivity index (χ0n) is 14.0. The summed E-state index contributed by atoms with van der Waals surface area (Å²) in [6.45, 7) is 2.24. The normalized spacial score (nSPS) is 15.9. The molecule has 0 radical (unpaired) electrons. The Morgan fingerprint density at radius 3 is 2.75 bits per heavy atom. The van der Waals surface area contributed by atoms with Crippen LogP contribution in [0.3, 0.4) is 0 Å². The molecule has 0 unspecified atom stereocenters. The highest BCUT2D eigenvalue weighted by Crippen LogP contribution is 2.38. The Morgan fingerprint density at radius 1 is 1.25 bits per heavy atom. The molecule has 1 aromatic carbocycles. The third kappa shape index (κ3) is 3.15. The van der Waals surface area contributed by atoms with Crippen LogP contribution in [-0.4, -0.2) is 30.4 Å². The number of anilines is 2. The van der Waals surface area contributed by atoms with Gasteiger partial charge >= 0.3 is 0 Å². The van der Waals surface area contributed by atoms with E-state index in [2.05, 4.69) is 11.1 Å². The molecule has 1 aliphatic heterocycles. The number of hydrogen-bond donors (Lipinski definition) is 0. The van der Waals surface area contributed by atoms with Crippen LogP contribution in [0, 0.1) is 0 Å². The van der Waals surface area contributed by atoms with Crippen molar-refractivity contribution in [3.05, 3.63) is 54.4 Å². The molecule has 0 aliphatic carbocycles. The molecule has 5 nitrogen and oxygen atoms in total. The van der Waals surface area contributed by atoms with Crippen molar-refractivity contribution in [1.29, 1.82) is 0 Å². The largest absolute Gasteiger partial charge is 0.314 e. The Bertz CT molecular complexity index is 745. The molecule has 3 rings (SSSR count). The maximum Gasteiger partial charge on any atom is 0.226 e. The second-order valence-electron chi connectivity index (χ2n) is 6.09. The summed E-state index contributed by atoms with van der Waals surface area (Å²) in [6, 6.07) is 11.6. The highest BCUT2D eigenvalue weighted by molar-refractivity contribution is 5.95. The minimum Gasteiger partial charge on any atom is -0.314 e. The number of nitrogens with zero attached hydrogens (tertiary/aromatic N) is 3. The molecule has 0 spiro atoms. The summed E-state index contributed by atoms with van der Waals surface area (Å²) in [7, 11) is 1.77. The van der Waals surface area contributed by atoms with E-state index in [-0.39, 0.29) is 17.7 Å². The van der Waals surface area contributed by atoms with E-state index in [4.69, 9.17) is 0 Å². The molecule has 0 N–H and O–H groups in total. The molecule has 2 amide bonds. The van der Waals surface area contributed by atoms with E-state index in [0.717, 1.165) is 23.4 Å². The van der Waals surface area contributed by atoms with Gasteiger partial charge in [0.25, 0.3) is 0 Å². The summed E-state index contributed by atoms with van der Waals surface area (Å²) in [5.41, 5.74) is 2.92. The number of pyridine rings is 1. The molecule has 24 heavy (non-hydrogen) atoms. The van der Waals surface area contributed by atoms with E-state index < -0.39 is 0 Å². The van der Waals surface area contributed by atoms with E-state index in [9.17, 15) is 9.59 Å². The van der Waals surface area contributed by atoms with Gasteiger partial charge in [0, 0.05) is 44.7 Å². The molecular weight excluding hydrogens is 302 g/mol. The number of benzene rings is 1. The number of carbonyl (C=O) groups is 2. The predicted molar refractivity (Wildman–Crippen MR) is 94.1 cm³/mol. The van der Waals surface area contributed by atoms with Crippen molar-refractivity contribution in [2.24, 2.45) is 0 Å². The summed E-state index contributed by atoms with van der Waals surface area (Å²) in [5.74, 6) is 0.307. The average molecular weight is 323 g/mol. The van der Waals surface area contributed by atoms with Crippen LogP contribution >= 0.6 is 0 Å². The van der Waals surface area contributed by atoms with Gasteiger partial charge in [0.15, 0.2) is 0 Å². The second-order valence-corrected chi connectivity index (χ2v) is 6.09. The van der Waals surface area contributed by atoms with Crippen molar-refractivity contribution in [1.82, 2.24) is 4.98 Å². The molecule has 1 aromatic heterocycles. The van der Waals surface area contributed by atoms with Gasteiger partial charge in [0.05, 0.1) is 11.9 Å². The maximum atomic E-state index is 12.4. The third-order valence-electron chi connectivity index (χ3n) is 4.56. The summed E-state index contributed by atoms with van der Waals surface area (Å²) in [4.78, 5) is 31.8. The quantitative estimate of drug-likeness (QED) is 0.869. The SMILES string of the molecule is CC(=O)N1C[C@H](CCC(=O)N(C)c2cccnc2)c2ccccc21. The molecule has 0 saturated carbocycles. The first-order chi connectivity index (χ1) is 11.6. The summed E-state index contributed by atoms with van der Waals surface area (Å²) >= 11 is 0. The molecule has 0 saturated heterocycles. The molecule has 0 bridgehead atoms. The number of fused-ring (bicyclic) bond motifs is 1. The van der Waals surface area contributed by atoms with Crippen LogP contribution in [0.15, 0.2) is 48.8 Å². The lowest BCUT2D eigenvalue weighted by Crippen LogP contribution is -2.28. The van der Waals surface area contributed by atoms with Gasteiger partial charge in [0.2, 0.25) is 11.8 Å². The van der Waals surface area contributed by atoms with Crippen LogP contribution in [-0.2, 0) is 9.59 Å². The van der Waals surface area contributed by atoms with E-state index in [1.807, 2.05) is 30.3 Å². The molecule has 124 valence electrons. The van der Waals surface area contributed by atoms with Crippen LogP contribution in [0.1, 0.15) is 31.2 Å². The monoisotopic (exact) mass is 323 g/mol. The fourth-order valence-corrected chi connectivity index (χ4v) is 3.20. The molecular formula is C19H21N3O2. The zero-order chi connectivity index (χ0) is 17.1. The van der Waals surface area contributed by atoms with E-state index in [1.54, 1.807) is 36.2 Å². The molecule has 1 atom stereocenters. The van der Waals surface area contributed by atoms with Crippen LogP contribution in [0.4, 0.5) is 11.4 Å². The number of amides is 2. The van der Waals surface area contributed by atoms with Gasteiger partial charge in [0.1, 0.15) is 0 Å².